The summed E-state index contributed by atoms with van der Waals surface area (Å²) in [7, 11) is 0. The molecule has 1 aromatic heterocycles. The summed E-state index contributed by atoms with van der Waals surface area (Å²) in [6, 6.07) is 6.85. The standard InChI is InChI=1S/C14H13N3O4.CH2O2/c15-12-8(2-1-3-16-12)7-17-13(19)9-4-10(14(20)21)6-11(18)5-9;2-1-3/h1-6,18H,7H2,(H2,15,16)(H,17,19)(H,20,21);1H,(H,2,3). The smallest absolute Gasteiger partial charge is 0.335 e. The number of carboxylic acid groups (broad SMARTS) is 2. The summed E-state index contributed by atoms with van der Waals surface area (Å²) in [5, 5.41) is 27.8. The number of hydrogen-bond donors (Lipinski definition) is 5. The van der Waals surface area contributed by atoms with E-state index in [0.29, 0.717) is 11.4 Å². The molecule has 0 aliphatic rings. The lowest BCUT2D eigenvalue weighted by Crippen LogP contribution is -2.23. The number of carbonyl (C=O) groups excluding carboxylic acids is 1. The highest BCUT2D eigenvalue weighted by Crippen LogP contribution is 2.16. The van der Waals surface area contributed by atoms with Crippen LogP contribution in [-0.4, -0.2) is 38.7 Å². The molecule has 126 valence electrons. The Morgan fingerprint density at radius 1 is 1.25 bits per heavy atom. The van der Waals surface area contributed by atoms with Crippen LogP contribution in [0.15, 0.2) is 36.5 Å². The lowest BCUT2D eigenvalue weighted by Gasteiger charge is -2.08. The van der Waals surface area contributed by atoms with Gasteiger partial charge in [0.1, 0.15) is 11.6 Å². The monoisotopic (exact) mass is 333 g/mol. The molecule has 0 atom stereocenters. The molecule has 0 aliphatic carbocycles. The second-order valence-electron chi connectivity index (χ2n) is 4.41. The Bertz CT molecular complexity index is 748. The van der Waals surface area contributed by atoms with Gasteiger partial charge in [-0.1, -0.05) is 6.07 Å². The zero-order valence-electron chi connectivity index (χ0n) is 12.3. The normalized spacial score (nSPS) is 9.33. The van der Waals surface area contributed by atoms with Crippen LogP contribution >= 0.6 is 0 Å². The van der Waals surface area contributed by atoms with Gasteiger partial charge in [0.2, 0.25) is 0 Å². The average molecular weight is 333 g/mol. The number of nitrogens with two attached hydrogens (primary N) is 1. The molecule has 1 amide bonds. The molecular weight excluding hydrogens is 318 g/mol. The summed E-state index contributed by atoms with van der Waals surface area (Å²) >= 11 is 0. The number of carbonyl (C=O) groups is 3. The molecular formula is C15H15N3O6. The van der Waals surface area contributed by atoms with E-state index in [2.05, 4.69) is 10.3 Å². The van der Waals surface area contributed by atoms with Crippen molar-refractivity contribution in [3.05, 3.63) is 53.2 Å². The molecule has 0 aliphatic heterocycles. The van der Waals surface area contributed by atoms with Gasteiger partial charge in [0.05, 0.1) is 5.56 Å². The fourth-order valence-electron chi connectivity index (χ4n) is 1.74. The molecule has 1 aromatic carbocycles. The predicted octanol–water partition coefficient (Wildman–Crippen LogP) is 0.698. The molecule has 0 spiro atoms. The Morgan fingerprint density at radius 2 is 1.88 bits per heavy atom. The van der Waals surface area contributed by atoms with E-state index in [4.69, 9.17) is 20.7 Å². The maximum Gasteiger partial charge on any atom is 0.335 e. The Labute approximate surface area is 136 Å². The SMILES string of the molecule is Nc1ncccc1CNC(=O)c1cc(O)cc(C(=O)O)c1.O=CO. The molecule has 2 aromatic rings. The number of aromatic hydroxyl groups is 1. The van der Waals surface area contributed by atoms with E-state index < -0.39 is 11.9 Å². The lowest BCUT2D eigenvalue weighted by molar-refractivity contribution is -0.122. The zero-order chi connectivity index (χ0) is 18.1. The second kappa shape index (κ2) is 8.73. The van der Waals surface area contributed by atoms with Crippen molar-refractivity contribution in [2.75, 3.05) is 5.73 Å². The number of pyridine rings is 1. The first-order valence-electron chi connectivity index (χ1n) is 6.51. The minimum atomic E-state index is -1.23. The van der Waals surface area contributed by atoms with E-state index in [0.717, 1.165) is 6.07 Å². The Kier molecular flexibility index (Phi) is 6.71. The number of nitrogens with zero attached hydrogens (tertiary/aromatic N) is 1. The van der Waals surface area contributed by atoms with E-state index in [1.54, 1.807) is 12.1 Å². The van der Waals surface area contributed by atoms with E-state index >= 15 is 0 Å². The van der Waals surface area contributed by atoms with Gasteiger partial charge in [-0.05, 0) is 24.3 Å². The summed E-state index contributed by atoms with van der Waals surface area (Å²) in [5.41, 5.74) is 6.18. The van der Waals surface area contributed by atoms with E-state index in [9.17, 15) is 14.7 Å². The molecule has 0 bridgehead atoms. The molecule has 9 heteroatoms. The van der Waals surface area contributed by atoms with Crippen molar-refractivity contribution in [3.8, 4) is 5.75 Å². The third-order valence-electron chi connectivity index (χ3n) is 2.79. The highest BCUT2D eigenvalue weighted by atomic mass is 16.4. The van der Waals surface area contributed by atoms with Gasteiger partial charge in [0.25, 0.3) is 12.4 Å². The first-order valence-corrected chi connectivity index (χ1v) is 6.51. The maximum absolute atomic E-state index is 12.0. The molecule has 0 radical (unpaired) electrons. The van der Waals surface area contributed by atoms with Crippen molar-refractivity contribution in [2.24, 2.45) is 0 Å². The molecule has 2 rings (SSSR count). The molecule has 1 heterocycles. The van der Waals surface area contributed by atoms with Gasteiger partial charge in [-0.15, -0.1) is 0 Å². The fourth-order valence-corrected chi connectivity index (χ4v) is 1.74. The van der Waals surface area contributed by atoms with Gasteiger partial charge in [-0.3, -0.25) is 9.59 Å². The molecule has 24 heavy (non-hydrogen) atoms. The van der Waals surface area contributed by atoms with Crippen LogP contribution in [0.4, 0.5) is 5.82 Å². The van der Waals surface area contributed by atoms with Crippen LogP contribution in [0, 0.1) is 0 Å². The predicted molar refractivity (Wildman–Crippen MR) is 83.6 cm³/mol. The van der Waals surface area contributed by atoms with Crippen molar-refractivity contribution in [2.45, 2.75) is 6.54 Å². The molecule has 0 fully saturated rings. The highest BCUT2D eigenvalue weighted by Gasteiger charge is 2.12. The summed E-state index contributed by atoms with van der Waals surface area (Å²) in [6.07, 6.45) is 1.54. The van der Waals surface area contributed by atoms with Crippen LogP contribution in [-0.2, 0) is 11.3 Å². The number of rotatable bonds is 4. The second-order valence-corrected chi connectivity index (χ2v) is 4.41. The number of hydrogen-bond acceptors (Lipinski definition) is 6. The van der Waals surface area contributed by atoms with Crippen LogP contribution < -0.4 is 11.1 Å². The van der Waals surface area contributed by atoms with Crippen LogP contribution in [0.2, 0.25) is 0 Å². The minimum absolute atomic E-state index is 0.0508. The van der Waals surface area contributed by atoms with E-state index in [1.807, 2.05) is 0 Å². The van der Waals surface area contributed by atoms with Gasteiger partial charge in [0.15, 0.2) is 0 Å². The number of benzene rings is 1. The number of carboxylic acids is 1. The van der Waals surface area contributed by atoms with Crippen molar-refractivity contribution in [1.82, 2.24) is 10.3 Å². The van der Waals surface area contributed by atoms with Crippen LogP contribution in [0.1, 0.15) is 26.3 Å². The molecule has 6 N–H and O–H groups in total. The average Bonchev–Trinajstić information content (AvgIpc) is 2.54. The number of aromatic carboxylic acids is 1. The van der Waals surface area contributed by atoms with Crippen LogP contribution in [0.5, 0.6) is 5.75 Å². The summed E-state index contributed by atoms with van der Waals surface area (Å²) in [5.74, 6) is -1.73. The summed E-state index contributed by atoms with van der Waals surface area (Å²) in [4.78, 5) is 35.1. The van der Waals surface area contributed by atoms with Gasteiger partial charge in [-0.25, -0.2) is 9.78 Å². The van der Waals surface area contributed by atoms with Gasteiger partial charge in [-0.2, -0.15) is 0 Å². The zero-order valence-corrected chi connectivity index (χ0v) is 12.3. The third-order valence-corrected chi connectivity index (χ3v) is 2.79. The number of nitrogen functional groups attached to an aromatic ring is 1. The Morgan fingerprint density at radius 3 is 2.46 bits per heavy atom. The third kappa shape index (κ3) is 5.30. The minimum Gasteiger partial charge on any atom is -0.508 e. The summed E-state index contributed by atoms with van der Waals surface area (Å²) < 4.78 is 0. The number of phenols is 1. The number of anilines is 1. The largest absolute Gasteiger partial charge is 0.508 e. The van der Waals surface area contributed by atoms with Gasteiger partial charge in [0, 0.05) is 23.9 Å². The molecule has 0 saturated carbocycles. The van der Waals surface area contributed by atoms with Gasteiger partial charge < -0.3 is 26.4 Å². The Hall–Kier alpha value is -3.62. The quantitative estimate of drug-likeness (QED) is 0.510. The number of phenolic OH excluding ortho intramolecular Hbond substituents is 1. The first kappa shape index (κ1) is 18.4. The number of aromatic nitrogens is 1. The molecule has 0 unspecified atom stereocenters. The lowest BCUT2D eigenvalue weighted by atomic mass is 10.1. The van der Waals surface area contributed by atoms with E-state index in [-0.39, 0.29) is 29.9 Å². The molecule has 0 saturated heterocycles. The van der Waals surface area contributed by atoms with E-state index in [1.165, 1.54) is 18.3 Å². The topological polar surface area (TPSA) is 163 Å². The Balaban J connectivity index is 0.000000891. The fraction of sp³-hybridized carbons (Fsp3) is 0.0667. The van der Waals surface area contributed by atoms with Crippen LogP contribution in [0.3, 0.4) is 0 Å². The maximum atomic E-state index is 12.0. The van der Waals surface area contributed by atoms with Crippen molar-refractivity contribution >= 4 is 24.2 Å². The number of amides is 1. The van der Waals surface area contributed by atoms with Crippen molar-refractivity contribution < 1.29 is 29.7 Å². The van der Waals surface area contributed by atoms with Crippen molar-refractivity contribution in [1.29, 1.82) is 0 Å². The first-order chi connectivity index (χ1) is 11.4. The number of nitrogens with one attached hydrogen (secondary N) is 1. The van der Waals surface area contributed by atoms with Gasteiger partial charge >= 0.3 is 5.97 Å². The molecule has 9 nitrogen and oxygen atoms in total. The summed E-state index contributed by atoms with van der Waals surface area (Å²) in [6.45, 7) is -0.101. The van der Waals surface area contributed by atoms with Crippen molar-refractivity contribution in [3.63, 3.8) is 0 Å². The van der Waals surface area contributed by atoms with Crippen LogP contribution in [0.25, 0.3) is 0 Å². The highest BCUT2D eigenvalue weighted by molar-refractivity contribution is 5.98.